The Labute approximate surface area is 110 Å². The molecule has 2 rings (SSSR count). The number of hydrogen-bond donors (Lipinski definition) is 2. The number of nitrogens with one attached hydrogen (secondary N) is 2. The van der Waals surface area contributed by atoms with Gasteiger partial charge in [-0.15, -0.1) is 12.4 Å². The van der Waals surface area contributed by atoms with E-state index in [1.807, 2.05) is 6.92 Å². The van der Waals surface area contributed by atoms with E-state index in [1.54, 1.807) is 4.31 Å². The van der Waals surface area contributed by atoms with Gasteiger partial charge >= 0.3 is 0 Å². The molecule has 0 radical (unpaired) electrons. The predicted molar refractivity (Wildman–Crippen MR) is 70.5 cm³/mol. The summed E-state index contributed by atoms with van der Waals surface area (Å²) in [6.07, 6.45) is 3.31. The van der Waals surface area contributed by atoms with Gasteiger partial charge in [0.2, 0.25) is 0 Å². The van der Waals surface area contributed by atoms with Gasteiger partial charge in [-0.05, 0) is 31.7 Å². The Morgan fingerprint density at radius 3 is 2.59 bits per heavy atom. The van der Waals surface area contributed by atoms with E-state index in [0.29, 0.717) is 19.0 Å². The maximum absolute atomic E-state index is 12.0. The van der Waals surface area contributed by atoms with E-state index in [1.165, 1.54) is 6.42 Å². The van der Waals surface area contributed by atoms with Crippen LogP contribution in [0.5, 0.6) is 0 Å². The molecule has 0 amide bonds. The molecule has 2 bridgehead atoms. The van der Waals surface area contributed by atoms with Crippen molar-refractivity contribution >= 4 is 22.6 Å². The summed E-state index contributed by atoms with van der Waals surface area (Å²) < 4.78 is 28.3. The molecule has 2 N–H and O–H groups in total. The largest absolute Gasteiger partial charge is 0.316 e. The summed E-state index contributed by atoms with van der Waals surface area (Å²) in [6.45, 7) is 4.77. The number of halogens is 1. The van der Waals surface area contributed by atoms with Crippen molar-refractivity contribution in [2.75, 3.05) is 26.2 Å². The van der Waals surface area contributed by atoms with Crippen molar-refractivity contribution in [3.63, 3.8) is 0 Å². The Bertz CT molecular complexity index is 336. The second-order valence-electron chi connectivity index (χ2n) is 4.66. The number of nitrogens with zero attached hydrogens (tertiary/aromatic N) is 1. The van der Waals surface area contributed by atoms with Gasteiger partial charge in [-0.25, -0.2) is 4.72 Å². The van der Waals surface area contributed by atoms with Gasteiger partial charge in [0.1, 0.15) is 0 Å². The molecule has 0 spiro atoms. The molecule has 2 fully saturated rings. The summed E-state index contributed by atoms with van der Waals surface area (Å²) in [4.78, 5) is 0. The van der Waals surface area contributed by atoms with Crippen LogP contribution in [0.25, 0.3) is 0 Å². The molecule has 2 unspecified atom stereocenters. The van der Waals surface area contributed by atoms with E-state index < -0.39 is 10.2 Å². The molecule has 7 heteroatoms. The van der Waals surface area contributed by atoms with Crippen molar-refractivity contribution in [2.45, 2.75) is 32.2 Å². The molecule has 1 aliphatic carbocycles. The minimum Gasteiger partial charge on any atom is -0.316 e. The molecule has 5 nitrogen and oxygen atoms in total. The summed E-state index contributed by atoms with van der Waals surface area (Å²) in [6, 6.07) is 0.265. The molecule has 2 atom stereocenters. The zero-order valence-electron chi connectivity index (χ0n) is 10.2. The standard InChI is InChI=1S/C10H21N3O2S.ClH/c1-2-11-5-6-12-16(14,15)13-8-9-3-4-10(13)7-9;/h9-12H,2-8H2,1H3;1H. The molecular formula is C10H22ClN3O2S. The highest BCUT2D eigenvalue weighted by Gasteiger charge is 2.43. The Morgan fingerprint density at radius 1 is 1.29 bits per heavy atom. The summed E-state index contributed by atoms with van der Waals surface area (Å²) in [5, 5.41) is 3.10. The van der Waals surface area contributed by atoms with Crippen LogP contribution in [0.15, 0.2) is 0 Å². The summed E-state index contributed by atoms with van der Waals surface area (Å²) in [5.74, 6) is 0.607. The molecule has 2 aliphatic rings. The lowest BCUT2D eigenvalue weighted by Gasteiger charge is -2.26. The van der Waals surface area contributed by atoms with E-state index in [2.05, 4.69) is 10.0 Å². The first-order valence-electron chi connectivity index (χ1n) is 6.10. The number of piperidine rings is 1. The van der Waals surface area contributed by atoms with Crippen molar-refractivity contribution in [2.24, 2.45) is 5.92 Å². The SMILES string of the molecule is CCNCCNS(=O)(=O)N1CC2CCC1C2.Cl. The van der Waals surface area contributed by atoms with Gasteiger partial charge in [-0.1, -0.05) is 6.92 Å². The first-order chi connectivity index (χ1) is 7.63. The maximum Gasteiger partial charge on any atom is 0.279 e. The van der Waals surface area contributed by atoms with Crippen LogP contribution in [0.2, 0.25) is 0 Å². The molecule has 0 aromatic rings. The molecule has 1 saturated heterocycles. The summed E-state index contributed by atoms with van der Waals surface area (Å²) in [7, 11) is -3.23. The van der Waals surface area contributed by atoms with Gasteiger partial charge in [-0.2, -0.15) is 12.7 Å². The van der Waals surface area contributed by atoms with E-state index in [-0.39, 0.29) is 18.4 Å². The average molecular weight is 284 g/mol. The topological polar surface area (TPSA) is 61.4 Å². The van der Waals surface area contributed by atoms with Crippen molar-refractivity contribution in [1.29, 1.82) is 0 Å². The lowest BCUT2D eigenvalue weighted by Crippen LogP contribution is -2.46. The van der Waals surface area contributed by atoms with Crippen LogP contribution in [0.4, 0.5) is 0 Å². The van der Waals surface area contributed by atoms with Crippen LogP contribution >= 0.6 is 12.4 Å². The lowest BCUT2D eigenvalue weighted by molar-refractivity contribution is 0.329. The van der Waals surface area contributed by atoms with Gasteiger partial charge < -0.3 is 5.32 Å². The second-order valence-corrected chi connectivity index (χ2v) is 6.36. The zero-order chi connectivity index (χ0) is 11.6. The van der Waals surface area contributed by atoms with Crippen molar-refractivity contribution < 1.29 is 8.42 Å². The number of likely N-dealkylation sites (N-methyl/N-ethyl adjacent to an activating group) is 1. The molecule has 1 saturated carbocycles. The van der Waals surface area contributed by atoms with E-state index in [4.69, 9.17) is 0 Å². The Balaban J connectivity index is 0.00000144. The number of hydrogen-bond acceptors (Lipinski definition) is 3. The Hall–Kier alpha value is 0.120. The molecule has 1 heterocycles. The minimum absolute atomic E-state index is 0. The highest BCUT2D eigenvalue weighted by Crippen LogP contribution is 2.38. The quantitative estimate of drug-likeness (QED) is 0.691. The van der Waals surface area contributed by atoms with Crippen molar-refractivity contribution in [1.82, 2.24) is 14.3 Å². The van der Waals surface area contributed by atoms with Gasteiger partial charge in [0.15, 0.2) is 0 Å². The average Bonchev–Trinajstić information content (AvgIpc) is 2.86. The Morgan fingerprint density at radius 2 is 2.06 bits per heavy atom. The normalized spacial score (nSPS) is 28.3. The molecule has 0 aromatic heterocycles. The molecule has 0 aromatic carbocycles. The fraction of sp³-hybridized carbons (Fsp3) is 1.00. The van der Waals surface area contributed by atoms with Gasteiger partial charge in [-0.3, -0.25) is 0 Å². The fourth-order valence-electron chi connectivity index (χ4n) is 2.70. The third-order valence-corrected chi connectivity index (χ3v) is 5.14. The number of fused-ring (bicyclic) bond motifs is 2. The summed E-state index contributed by atoms with van der Waals surface area (Å²) >= 11 is 0. The third-order valence-electron chi connectivity index (χ3n) is 3.50. The van der Waals surface area contributed by atoms with Crippen LogP contribution in [0.1, 0.15) is 26.2 Å². The van der Waals surface area contributed by atoms with E-state index in [9.17, 15) is 8.42 Å². The third kappa shape index (κ3) is 3.54. The molecule has 102 valence electrons. The van der Waals surface area contributed by atoms with Crippen LogP contribution in [0.3, 0.4) is 0 Å². The smallest absolute Gasteiger partial charge is 0.279 e. The van der Waals surface area contributed by atoms with Gasteiger partial charge in [0.05, 0.1) is 0 Å². The second kappa shape index (κ2) is 6.33. The lowest BCUT2D eigenvalue weighted by atomic mass is 10.1. The highest BCUT2D eigenvalue weighted by molar-refractivity contribution is 7.87. The summed E-state index contributed by atoms with van der Waals surface area (Å²) in [5.41, 5.74) is 0. The maximum atomic E-state index is 12.0. The fourth-order valence-corrected chi connectivity index (χ4v) is 4.22. The Kier molecular flexibility index (Phi) is 5.66. The van der Waals surface area contributed by atoms with Crippen LogP contribution < -0.4 is 10.0 Å². The molecule has 17 heavy (non-hydrogen) atoms. The van der Waals surface area contributed by atoms with Gasteiger partial charge in [0, 0.05) is 25.7 Å². The van der Waals surface area contributed by atoms with Crippen LogP contribution in [-0.2, 0) is 10.2 Å². The van der Waals surface area contributed by atoms with E-state index >= 15 is 0 Å². The van der Waals surface area contributed by atoms with Crippen molar-refractivity contribution in [3.8, 4) is 0 Å². The molecule has 1 aliphatic heterocycles. The highest BCUT2D eigenvalue weighted by atomic mass is 35.5. The molecular weight excluding hydrogens is 262 g/mol. The minimum atomic E-state index is -3.23. The van der Waals surface area contributed by atoms with Gasteiger partial charge in [0.25, 0.3) is 10.2 Å². The van der Waals surface area contributed by atoms with Crippen LogP contribution in [0, 0.1) is 5.92 Å². The van der Waals surface area contributed by atoms with E-state index in [0.717, 1.165) is 25.9 Å². The van der Waals surface area contributed by atoms with Crippen LogP contribution in [-0.4, -0.2) is 44.9 Å². The first kappa shape index (κ1) is 15.2. The van der Waals surface area contributed by atoms with Crippen molar-refractivity contribution in [3.05, 3.63) is 0 Å². The number of rotatable bonds is 6. The zero-order valence-corrected chi connectivity index (χ0v) is 11.8. The predicted octanol–water partition coefficient (Wildman–Crippen LogP) is 0.336. The monoisotopic (exact) mass is 283 g/mol. The first-order valence-corrected chi connectivity index (χ1v) is 7.54.